The van der Waals surface area contributed by atoms with Gasteiger partial charge < -0.3 is 0 Å². The summed E-state index contributed by atoms with van der Waals surface area (Å²) in [5.74, 6) is -3.10. The van der Waals surface area contributed by atoms with Crippen molar-refractivity contribution in [1.29, 1.82) is 0 Å². The molecule has 7 heteroatoms. The summed E-state index contributed by atoms with van der Waals surface area (Å²) >= 11 is 11.6. The molecular formula is C14H11Cl2F2N3. The number of nitrogens with zero attached hydrogens (tertiary/aromatic N) is 3. The molecule has 3 rings (SSSR count). The number of alkyl halides is 2. The number of halogens is 4. The zero-order valence-electron chi connectivity index (χ0n) is 10.9. The molecule has 3 nitrogen and oxygen atoms in total. The Hall–Kier alpha value is -1.30. The number of fused-ring (bicyclic) bond motifs is 1. The highest BCUT2D eigenvalue weighted by atomic mass is 35.5. The monoisotopic (exact) mass is 329 g/mol. The molecule has 0 amide bonds. The number of hydrogen-bond acceptors (Lipinski definition) is 3. The van der Waals surface area contributed by atoms with Gasteiger partial charge in [-0.05, 0) is 17.2 Å². The van der Waals surface area contributed by atoms with E-state index in [-0.39, 0.29) is 28.2 Å². The lowest BCUT2D eigenvalue weighted by Gasteiger charge is -2.33. The molecule has 0 unspecified atom stereocenters. The van der Waals surface area contributed by atoms with Gasteiger partial charge in [0, 0.05) is 18.7 Å². The zero-order chi connectivity index (χ0) is 15.0. The lowest BCUT2D eigenvalue weighted by Crippen LogP contribution is -2.41. The van der Waals surface area contributed by atoms with Gasteiger partial charge >= 0.3 is 5.92 Å². The molecule has 2 heterocycles. The lowest BCUT2D eigenvalue weighted by molar-refractivity contribution is -0.0587. The SMILES string of the molecule is FC1(F)CN(Cc2ccccc2)Cc2c(Cl)nc(Cl)nc21. The first-order valence-electron chi connectivity index (χ1n) is 6.32. The van der Waals surface area contributed by atoms with Crippen LogP contribution < -0.4 is 0 Å². The van der Waals surface area contributed by atoms with Crippen LogP contribution in [-0.4, -0.2) is 21.4 Å². The highest BCUT2D eigenvalue weighted by molar-refractivity contribution is 6.32. The van der Waals surface area contributed by atoms with Crippen LogP contribution in [0.15, 0.2) is 30.3 Å². The van der Waals surface area contributed by atoms with E-state index in [1.165, 1.54) is 0 Å². The Balaban J connectivity index is 1.92. The zero-order valence-corrected chi connectivity index (χ0v) is 12.4. The summed E-state index contributed by atoms with van der Waals surface area (Å²) in [6, 6.07) is 9.43. The third-order valence-corrected chi connectivity index (χ3v) is 3.81. The third kappa shape index (κ3) is 3.00. The maximum atomic E-state index is 14.3. The van der Waals surface area contributed by atoms with Crippen molar-refractivity contribution >= 4 is 23.2 Å². The number of hydrogen-bond donors (Lipinski definition) is 0. The van der Waals surface area contributed by atoms with Crippen LogP contribution in [0.5, 0.6) is 0 Å². The summed E-state index contributed by atoms with van der Waals surface area (Å²) < 4.78 is 28.5. The van der Waals surface area contributed by atoms with Gasteiger partial charge in [-0.1, -0.05) is 41.9 Å². The van der Waals surface area contributed by atoms with E-state index in [1.807, 2.05) is 30.3 Å². The molecular weight excluding hydrogens is 319 g/mol. The van der Waals surface area contributed by atoms with Crippen LogP contribution >= 0.6 is 23.2 Å². The van der Waals surface area contributed by atoms with Crippen molar-refractivity contribution in [2.45, 2.75) is 19.0 Å². The van der Waals surface area contributed by atoms with Crippen molar-refractivity contribution in [3.8, 4) is 0 Å². The molecule has 1 aromatic carbocycles. The minimum atomic E-state index is -3.10. The average molecular weight is 330 g/mol. The van der Waals surface area contributed by atoms with Gasteiger partial charge in [-0.25, -0.2) is 9.97 Å². The first-order valence-corrected chi connectivity index (χ1v) is 7.08. The van der Waals surface area contributed by atoms with Gasteiger partial charge in [-0.15, -0.1) is 0 Å². The molecule has 0 saturated heterocycles. The fourth-order valence-corrected chi connectivity index (χ4v) is 2.90. The van der Waals surface area contributed by atoms with Crippen LogP contribution in [-0.2, 0) is 19.0 Å². The Morgan fingerprint density at radius 2 is 1.86 bits per heavy atom. The lowest BCUT2D eigenvalue weighted by atomic mass is 10.0. The second-order valence-electron chi connectivity index (χ2n) is 4.95. The molecule has 0 atom stereocenters. The minimum Gasteiger partial charge on any atom is -0.288 e. The molecule has 0 aliphatic carbocycles. The molecule has 0 bridgehead atoms. The van der Waals surface area contributed by atoms with E-state index in [4.69, 9.17) is 23.2 Å². The molecule has 0 radical (unpaired) electrons. The average Bonchev–Trinajstić information content (AvgIpc) is 2.41. The molecule has 1 aliphatic rings. The summed E-state index contributed by atoms with van der Waals surface area (Å²) in [5, 5.41) is -0.266. The van der Waals surface area contributed by atoms with Crippen LogP contribution in [0.3, 0.4) is 0 Å². The topological polar surface area (TPSA) is 29.0 Å². The molecule has 21 heavy (non-hydrogen) atoms. The Labute approximate surface area is 130 Å². The summed E-state index contributed by atoms with van der Waals surface area (Å²) in [6.07, 6.45) is 0. The maximum Gasteiger partial charge on any atom is 0.302 e. The Morgan fingerprint density at radius 1 is 1.14 bits per heavy atom. The molecule has 0 fully saturated rings. The largest absolute Gasteiger partial charge is 0.302 e. The van der Waals surface area contributed by atoms with E-state index in [2.05, 4.69) is 9.97 Å². The Bertz CT molecular complexity index is 665. The van der Waals surface area contributed by atoms with Crippen molar-refractivity contribution < 1.29 is 8.78 Å². The molecule has 0 spiro atoms. The van der Waals surface area contributed by atoms with Crippen LogP contribution in [0.2, 0.25) is 10.4 Å². The molecule has 2 aromatic rings. The fraction of sp³-hybridized carbons (Fsp3) is 0.286. The first kappa shape index (κ1) is 14.6. The van der Waals surface area contributed by atoms with E-state index < -0.39 is 12.5 Å². The van der Waals surface area contributed by atoms with Crippen LogP contribution in [0.25, 0.3) is 0 Å². The molecule has 0 N–H and O–H groups in total. The number of benzene rings is 1. The molecule has 1 aromatic heterocycles. The van der Waals surface area contributed by atoms with Gasteiger partial charge in [0.15, 0.2) is 0 Å². The van der Waals surface area contributed by atoms with Crippen molar-refractivity contribution in [3.05, 3.63) is 57.6 Å². The van der Waals surface area contributed by atoms with Crippen LogP contribution in [0, 0.1) is 0 Å². The van der Waals surface area contributed by atoms with Gasteiger partial charge in [0.25, 0.3) is 0 Å². The highest BCUT2D eigenvalue weighted by Crippen LogP contribution is 2.38. The van der Waals surface area contributed by atoms with E-state index in [1.54, 1.807) is 4.90 Å². The van der Waals surface area contributed by atoms with E-state index in [9.17, 15) is 8.78 Å². The van der Waals surface area contributed by atoms with Crippen molar-refractivity contribution in [3.63, 3.8) is 0 Å². The van der Waals surface area contributed by atoms with Gasteiger partial charge in [0.2, 0.25) is 5.28 Å². The first-order chi connectivity index (χ1) is 9.95. The Kier molecular flexibility index (Phi) is 3.82. The summed E-state index contributed by atoms with van der Waals surface area (Å²) in [4.78, 5) is 9.04. The van der Waals surface area contributed by atoms with Crippen LogP contribution in [0.1, 0.15) is 16.8 Å². The molecule has 110 valence electrons. The standard InChI is InChI=1S/C14H11Cl2F2N3/c15-12-10-7-21(6-9-4-2-1-3-5-9)8-14(17,18)11(10)19-13(16)20-12/h1-5H,6-8H2. The van der Waals surface area contributed by atoms with E-state index in [0.717, 1.165) is 5.56 Å². The summed E-state index contributed by atoms with van der Waals surface area (Å²) in [5.41, 5.74) is 0.841. The van der Waals surface area contributed by atoms with E-state index in [0.29, 0.717) is 6.54 Å². The highest BCUT2D eigenvalue weighted by Gasteiger charge is 2.43. The van der Waals surface area contributed by atoms with Gasteiger partial charge in [0.05, 0.1) is 6.54 Å². The Morgan fingerprint density at radius 3 is 2.57 bits per heavy atom. The van der Waals surface area contributed by atoms with Crippen molar-refractivity contribution in [2.75, 3.05) is 6.54 Å². The van der Waals surface area contributed by atoms with E-state index >= 15 is 0 Å². The molecule has 1 aliphatic heterocycles. The second kappa shape index (κ2) is 5.48. The predicted octanol–water partition coefficient (Wildman–Crippen LogP) is 3.89. The minimum absolute atomic E-state index is 0.0116. The predicted molar refractivity (Wildman–Crippen MR) is 76.5 cm³/mol. The normalized spacial score (nSPS) is 17.5. The van der Waals surface area contributed by atoms with Crippen molar-refractivity contribution in [2.24, 2.45) is 0 Å². The smallest absolute Gasteiger partial charge is 0.288 e. The number of rotatable bonds is 2. The fourth-order valence-electron chi connectivity index (χ4n) is 2.46. The quantitative estimate of drug-likeness (QED) is 0.618. The summed E-state index contributed by atoms with van der Waals surface area (Å²) in [6.45, 7) is 0.267. The van der Waals surface area contributed by atoms with Crippen LogP contribution in [0.4, 0.5) is 8.78 Å². The summed E-state index contributed by atoms with van der Waals surface area (Å²) in [7, 11) is 0. The number of aromatic nitrogens is 2. The second-order valence-corrected chi connectivity index (χ2v) is 5.64. The van der Waals surface area contributed by atoms with Gasteiger partial charge in [0.1, 0.15) is 10.8 Å². The van der Waals surface area contributed by atoms with Gasteiger partial charge in [-0.3, -0.25) is 4.90 Å². The third-order valence-electron chi connectivity index (χ3n) is 3.33. The van der Waals surface area contributed by atoms with Crippen molar-refractivity contribution in [1.82, 2.24) is 14.9 Å². The van der Waals surface area contributed by atoms with Gasteiger partial charge in [-0.2, -0.15) is 8.78 Å². The maximum absolute atomic E-state index is 14.3. The molecule has 0 saturated carbocycles.